The van der Waals surface area contributed by atoms with E-state index in [2.05, 4.69) is 14.9 Å². The molecular formula is C25H32ClN5O3S2. The highest BCUT2D eigenvalue weighted by Gasteiger charge is 2.22. The monoisotopic (exact) mass is 549 g/mol. The quantitative estimate of drug-likeness (QED) is 0.396. The molecule has 1 unspecified atom stereocenters. The van der Waals surface area contributed by atoms with Crippen molar-refractivity contribution in [2.45, 2.75) is 38.0 Å². The summed E-state index contributed by atoms with van der Waals surface area (Å²) in [4.78, 5) is 14.4. The number of nitrogens with zero attached hydrogens (tertiary/aromatic N) is 3. The maximum absolute atomic E-state index is 12.8. The Morgan fingerprint density at radius 3 is 2.86 bits per heavy atom. The lowest BCUT2D eigenvalue weighted by molar-refractivity contribution is 0.0390. The van der Waals surface area contributed by atoms with Gasteiger partial charge >= 0.3 is 0 Å². The molecule has 0 spiro atoms. The fourth-order valence-corrected chi connectivity index (χ4v) is 7.06. The molecule has 0 saturated carbocycles. The summed E-state index contributed by atoms with van der Waals surface area (Å²) in [6.45, 7) is 5.45. The van der Waals surface area contributed by atoms with E-state index in [1.54, 1.807) is 18.4 Å². The lowest BCUT2D eigenvalue weighted by atomic mass is 9.97. The predicted molar refractivity (Wildman–Crippen MR) is 146 cm³/mol. The van der Waals surface area contributed by atoms with Crippen LogP contribution < -0.4 is 14.8 Å². The Kier molecular flexibility index (Phi) is 8.71. The Morgan fingerprint density at radius 2 is 2.06 bits per heavy atom. The lowest BCUT2D eigenvalue weighted by Gasteiger charge is -2.26. The van der Waals surface area contributed by atoms with Gasteiger partial charge in [-0.2, -0.15) is 0 Å². The number of aryl methyl sites for hydroxylation is 2. The number of hydrogen-bond acceptors (Lipinski definition) is 8. The fourth-order valence-electron chi connectivity index (χ4n) is 4.71. The largest absolute Gasteiger partial charge is 0.495 e. The number of benzene rings is 1. The van der Waals surface area contributed by atoms with Crippen LogP contribution in [-0.2, 0) is 40.9 Å². The third-order valence-corrected chi connectivity index (χ3v) is 9.12. The molecule has 0 bridgehead atoms. The van der Waals surface area contributed by atoms with E-state index in [0.29, 0.717) is 29.7 Å². The summed E-state index contributed by atoms with van der Waals surface area (Å²) >= 11 is 8.08. The number of hydrogen-bond donors (Lipinski definition) is 2. The first-order valence-electron chi connectivity index (χ1n) is 12.4. The van der Waals surface area contributed by atoms with Crippen LogP contribution in [0.2, 0.25) is 5.02 Å². The molecule has 8 nitrogen and oxygen atoms in total. The molecule has 1 saturated heterocycles. The van der Waals surface area contributed by atoms with Crippen molar-refractivity contribution in [3.8, 4) is 5.75 Å². The number of rotatable bonds is 10. The Hall–Kier alpha value is -1.82. The first kappa shape index (κ1) is 25.8. The predicted octanol–water partition coefficient (Wildman–Crippen LogP) is 3.93. The highest BCUT2D eigenvalue weighted by atomic mass is 35.5. The van der Waals surface area contributed by atoms with Gasteiger partial charge in [0.05, 0.1) is 47.5 Å². The van der Waals surface area contributed by atoms with Crippen LogP contribution >= 0.6 is 22.9 Å². The van der Waals surface area contributed by atoms with Gasteiger partial charge in [-0.05, 0) is 48.9 Å². The van der Waals surface area contributed by atoms with Gasteiger partial charge in [0, 0.05) is 37.6 Å². The van der Waals surface area contributed by atoms with Crippen molar-refractivity contribution in [3.63, 3.8) is 0 Å². The van der Waals surface area contributed by atoms with Crippen molar-refractivity contribution < 1.29 is 13.7 Å². The lowest BCUT2D eigenvalue weighted by Crippen LogP contribution is -2.40. The number of ether oxygens (including phenoxy) is 2. The molecule has 194 valence electrons. The number of methoxy groups -OCH3 is 1. The van der Waals surface area contributed by atoms with Crippen LogP contribution in [0.4, 0.5) is 5.82 Å². The average molecular weight is 550 g/mol. The van der Waals surface area contributed by atoms with Gasteiger partial charge in [0.2, 0.25) is 0 Å². The number of morpholine rings is 1. The summed E-state index contributed by atoms with van der Waals surface area (Å²) in [5.74, 6) is 2.33. The molecule has 36 heavy (non-hydrogen) atoms. The minimum atomic E-state index is -1.25. The summed E-state index contributed by atoms with van der Waals surface area (Å²) in [5.41, 5.74) is 2.40. The third-order valence-electron chi connectivity index (χ3n) is 6.59. The topological polar surface area (TPSA) is 88.6 Å². The maximum atomic E-state index is 12.8. The molecule has 11 heteroatoms. The number of halogens is 1. The van der Waals surface area contributed by atoms with E-state index in [9.17, 15) is 4.21 Å². The van der Waals surface area contributed by atoms with E-state index in [0.717, 1.165) is 67.3 Å². The fraction of sp³-hybridized carbons (Fsp3) is 0.520. The number of aromatic nitrogens is 2. The van der Waals surface area contributed by atoms with Crippen LogP contribution in [0.3, 0.4) is 0 Å². The van der Waals surface area contributed by atoms with Crippen LogP contribution in [-0.4, -0.2) is 65.6 Å². The highest BCUT2D eigenvalue weighted by Crippen LogP contribution is 2.39. The molecule has 1 aliphatic heterocycles. The first-order valence-corrected chi connectivity index (χ1v) is 14.9. The second-order valence-corrected chi connectivity index (χ2v) is 11.8. The SMILES string of the molecule is COc1ccc(CNc2nc(CS(=O)NCCN3CCOCC3)nc3sc4c(c23)CCCC4)cc1Cl. The van der Waals surface area contributed by atoms with Crippen molar-refractivity contribution >= 4 is 50.0 Å². The molecule has 0 amide bonds. The van der Waals surface area contributed by atoms with Crippen LogP contribution in [0, 0.1) is 0 Å². The normalized spacial score (nSPS) is 17.2. The Morgan fingerprint density at radius 1 is 1.22 bits per heavy atom. The van der Waals surface area contributed by atoms with E-state index in [4.69, 9.17) is 31.0 Å². The molecule has 0 radical (unpaired) electrons. The second-order valence-electron chi connectivity index (χ2n) is 9.04. The van der Waals surface area contributed by atoms with E-state index in [1.807, 2.05) is 18.2 Å². The third kappa shape index (κ3) is 6.17. The van der Waals surface area contributed by atoms with E-state index in [1.165, 1.54) is 23.3 Å². The summed E-state index contributed by atoms with van der Waals surface area (Å²) in [6, 6.07) is 5.77. The molecule has 1 fully saturated rings. The van der Waals surface area contributed by atoms with Gasteiger partial charge in [-0.1, -0.05) is 17.7 Å². The zero-order valence-electron chi connectivity index (χ0n) is 20.5. The Balaban J connectivity index is 1.32. The number of thiophene rings is 1. The zero-order valence-corrected chi connectivity index (χ0v) is 22.9. The van der Waals surface area contributed by atoms with Gasteiger partial charge in [-0.25, -0.2) is 18.9 Å². The highest BCUT2D eigenvalue weighted by molar-refractivity contribution is 7.82. The summed E-state index contributed by atoms with van der Waals surface area (Å²) in [5, 5.41) is 5.22. The van der Waals surface area contributed by atoms with Crippen LogP contribution in [0.25, 0.3) is 10.2 Å². The van der Waals surface area contributed by atoms with Crippen LogP contribution in [0.15, 0.2) is 18.2 Å². The van der Waals surface area contributed by atoms with Gasteiger partial charge in [0.1, 0.15) is 22.2 Å². The molecule has 1 aromatic carbocycles. The molecule has 1 atom stereocenters. The van der Waals surface area contributed by atoms with Crippen molar-refractivity contribution in [1.82, 2.24) is 19.6 Å². The second kappa shape index (κ2) is 12.1. The van der Waals surface area contributed by atoms with Crippen molar-refractivity contribution in [3.05, 3.63) is 45.1 Å². The van der Waals surface area contributed by atoms with Crippen molar-refractivity contribution in [2.75, 3.05) is 51.8 Å². The average Bonchev–Trinajstić information content (AvgIpc) is 3.26. The smallest absolute Gasteiger partial charge is 0.146 e. The van der Waals surface area contributed by atoms with Gasteiger partial charge in [-0.15, -0.1) is 11.3 Å². The standard InChI is InChI=1S/C25H32ClN5O3S2/c1-33-20-7-6-17(14-19(20)26)15-27-24-23-18-4-2-3-5-21(18)35-25(23)30-22(29-24)16-36(32)28-8-9-31-10-12-34-13-11-31/h6-7,14,28H,2-5,8-13,15-16H2,1H3,(H,27,29,30). The number of nitrogens with one attached hydrogen (secondary N) is 2. The molecule has 2 aliphatic rings. The van der Waals surface area contributed by atoms with Gasteiger partial charge in [0.15, 0.2) is 0 Å². The van der Waals surface area contributed by atoms with Crippen LogP contribution in [0.5, 0.6) is 5.75 Å². The molecule has 2 N–H and O–H groups in total. The summed E-state index contributed by atoms with van der Waals surface area (Å²) in [7, 11) is 0.360. The van der Waals surface area contributed by atoms with E-state index < -0.39 is 11.0 Å². The molecule has 1 aliphatic carbocycles. The minimum absolute atomic E-state index is 0.269. The molecular weight excluding hydrogens is 518 g/mol. The van der Waals surface area contributed by atoms with Crippen molar-refractivity contribution in [2.24, 2.45) is 0 Å². The van der Waals surface area contributed by atoms with Crippen molar-refractivity contribution in [1.29, 1.82) is 0 Å². The zero-order chi connectivity index (χ0) is 24.9. The van der Waals surface area contributed by atoms with E-state index >= 15 is 0 Å². The summed E-state index contributed by atoms with van der Waals surface area (Å²) in [6.07, 6.45) is 4.54. The van der Waals surface area contributed by atoms with Gasteiger partial charge in [0.25, 0.3) is 0 Å². The first-order chi connectivity index (χ1) is 17.6. The molecule has 3 aromatic rings. The number of fused-ring (bicyclic) bond motifs is 3. The minimum Gasteiger partial charge on any atom is -0.495 e. The molecule has 5 rings (SSSR count). The van der Waals surface area contributed by atoms with E-state index in [-0.39, 0.29) is 5.75 Å². The Labute approximate surface area is 223 Å². The summed E-state index contributed by atoms with van der Waals surface area (Å²) < 4.78 is 26.6. The maximum Gasteiger partial charge on any atom is 0.146 e. The van der Waals surface area contributed by atoms with Crippen LogP contribution in [0.1, 0.15) is 34.7 Å². The molecule has 3 heterocycles. The Bertz CT molecular complexity index is 1230. The van der Waals surface area contributed by atoms with Gasteiger partial charge in [-0.3, -0.25) is 4.90 Å². The van der Waals surface area contributed by atoms with Gasteiger partial charge < -0.3 is 14.8 Å². The number of anilines is 1. The molecule has 2 aromatic heterocycles.